The first-order chi connectivity index (χ1) is 9.19. The lowest BCUT2D eigenvalue weighted by molar-refractivity contribution is -0.146. The molecule has 0 spiro atoms. The van der Waals surface area contributed by atoms with E-state index in [0.717, 1.165) is 25.7 Å². The summed E-state index contributed by atoms with van der Waals surface area (Å²) >= 11 is 0. The molecular formula is C12H18N4O3. The van der Waals surface area contributed by atoms with Crippen molar-refractivity contribution in [1.29, 1.82) is 0 Å². The standard InChI is InChI=1S/C12H18N4O3/c1-19-12(18)9-2-4-10(5-3-9)15-11(17)6-16-8-13-7-14-16/h7-10H,2-6H2,1H3,(H,15,17). The van der Waals surface area contributed by atoms with Gasteiger partial charge in [-0.05, 0) is 25.7 Å². The van der Waals surface area contributed by atoms with E-state index in [9.17, 15) is 9.59 Å². The number of rotatable bonds is 4. The van der Waals surface area contributed by atoms with Crippen molar-refractivity contribution in [3.05, 3.63) is 12.7 Å². The van der Waals surface area contributed by atoms with Crippen LogP contribution in [0.15, 0.2) is 12.7 Å². The summed E-state index contributed by atoms with van der Waals surface area (Å²) < 4.78 is 6.21. The second kappa shape index (κ2) is 6.31. The van der Waals surface area contributed by atoms with Crippen LogP contribution in [0.2, 0.25) is 0 Å². The molecule has 1 saturated carbocycles. The van der Waals surface area contributed by atoms with Crippen molar-refractivity contribution >= 4 is 11.9 Å². The van der Waals surface area contributed by atoms with E-state index in [-0.39, 0.29) is 30.4 Å². The highest BCUT2D eigenvalue weighted by Gasteiger charge is 2.27. The van der Waals surface area contributed by atoms with E-state index >= 15 is 0 Å². The first kappa shape index (κ1) is 13.5. The Bertz CT molecular complexity index is 424. The number of esters is 1. The minimum atomic E-state index is -0.146. The lowest BCUT2D eigenvalue weighted by atomic mass is 9.86. The Morgan fingerprint density at radius 1 is 1.37 bits per heavy atom. The third kappa shape index (κ3) is 3.77. The van der Waals surface area contributed by atoms with Gasteiger partial charge in [-0.2, -0.15) is 5.10 Å². The van der Waals surface area contributed by atoms with E-state index in [1.54, 1.807) is 0 Å². The number of carbonyl (C=O) groups is 2. The second-order valence-electron chi connectivity index (χ2n) is 4.73. The fraction of sp³-hybridized carbons (Fsp3) is 0.667. The molecule has 1 fully saturated rings. The zero-order valence-electron chi connectivity index (χ0n) is 10.9. The summed E-state index contributed by atoms with van der Waals surface area (Å²) in [6, 6.07) is 0.136. The van der Waals surface area contributed by atoms with Crippen LogP contribution in [-0.2, 0) is 20.9 Å². The van der Waals surface area contributed by atoms with Crippen LogP contribution in [0.4, 0.5) is 0 Å². The number of hydrogen-bond donors (Lipinski definition) is 1. The smallest absolute Gasteiger partial charge is 0.308 e. The Morgan fingerprint density at radius 2 is 2.11 bits per heavy atom. The van der Waals surface area contributed by atoms with Crippen LogP contribution < -0.4 is 5.32 Å². The molecule has 104 valence electrons. The molecule has 1 aliphatic rings. The molecule has 0 saturated heterocycles. The van der Waals surface area contributed by atoms with Crippen LogP contribution in [0.1, 0.15) is 25.7 Å². The number of carbonyl (C=O) groups excluding carboxylic acids is 2. The topological polar surface area (TPSA) is 86.1 Å². The summed E-state index contributed by atoms with van der Waals surface area (Å²) in [6.07, 6.45) is 6.05. The normalized spacial score (nSPS) is 22.8. The Kier molecular flexibility index (Phi) is 4.48. The minimum absolute atomic E-state index is 0.0199. The molecule has 0 bridgehead atoms. The van der Waals surface area contributed by atoms with Gasteiger partial charge in [-0.3, -0.25) is 9.59 Å². The van der Waals surface area contributed by atoms with Crippen LogP contribution in [0, 0.1) is 5.92 Å². The Labute approximate surface area is 111 Å². The van der Waals surface area contributed by atoms with Crippen LogP contribution in [0.3, 0.4) is 0 Å². The SMILES string of the molecule is COC(=O)C1CCC(NC(=O)Cn2cncn2)CC1. The summed E-state index contributed by atoms with van der Waals surface area (Å²) in [6.45, 7) is 0.178. The molecule has 1 N–H and O–H groups in total. The Balaban J connectivity index is 1.73. The fourth-order valence-corrected chi connectivity index (χ4v) is 2.37. The average Bonchev–Trinajstić information content (AvgIpc) is 2.91. The van der Waals surface area contributed by atoms with Gasteiger partial charge in [0, 0.05) is 6.04 Å². The van der Waals surface area contributed by atoms with Gasteiger partial charge in [0.15, 0.2) is 0 Å². The molecule has 1 aromatic rings. The van der Waals surface area contributed by atoms with Crippen molar-refractivity contribution in [2.75, 3.05) is 7.11 Å². The first-order valence-corrected chi connectivity index (χ1v) is 6.38. The third-order valence-corrected chi connectivity index (χ3v) is 3.40. The fourth-order valence-electron chi connectivity index (χ4n) is 2.37. The van der Waals surface area contributed by atoms with Crippen molar-refractivity contribution in [1.82, 2.24) is 20.1 Å². The van der Waals surface area contributed by atoms with Crippen molar-refractivity contribution in [3.8, 4) is 0 Å². The highest BCUT2D eigenvalue weighted by atomic mass is 16.5. The predicted molar refractivity (Wildman–Crippen MR) is 65.9 cm³/mol. The van der Waals surface area contributed by atoms with Crippen molar-refractivity contribution in [2.24, 2.45) is 5.92 Å². The molecule has 0 aromatic carbocycles. The number of aromatic nitrogens is 3. The second-order valence-corrected chi connectivity index (χ2v) is 4.73. The molecule has 7 nitrogen and oxygen atoms in total. The summed E-state index contributed by atoms with van der Waals surface area (Å²) in [5.41, 5.74) is 0. The molecule has 0 atom stereocenters. The quantitative estimate of drug-likeness (QED) is 0.783. The molecule has 1 aliphatic carbocycles. The number of hydrogen-bond acceptors (Lipinski definition) is 5. The Hall–Kier alpha value is -1.92. The van der Waals surface area contributed by atoms with E-state index in [1.165, 1.54) is 24.4 Å². The molecule has 1 amide bonds. The largest absolute Gasteiger partial charge is 0.469 e. The van der Waals surface area contributed by atoms with E-state index in [1.807, 2.05) is 0 Å². The molecule has 19 heavy (non-hydrogen) atoms. The van der Waals surface area contributed by atoms with Gasteiger partial charge in [-0.25, -0.2) is 9.67 Å². The maximum Gasteiger partial charge on any atom is 0.308 e. The van der Waals surface area contributed by atoms with Gasteiger partial charge in [0.25, 0.3) is 0 Å². The van der Waals surface area contributed by atoms with Crippen molar-refractivity contribution in [2.45, 2.75) is 38.3 Å². The monoisotopic (exact) mass is 266 g/mol. The van der Waals surface area contributed by atoms with Gasteiger partial charge < -0.3 is 10.1 Å². The zero-order chi connectivity index (χ0) is 13.7. The van der Waals surface area contributed by atoms with Crippen LogP contribution in [-0.4, -0.2) is 39.8 Å². The van der Waals surface area contributed by atoms with Crippen LogP contribution in [0.25, 0.3) is 0 Å². The number of nitrogens with zero attached hydrogens (tertiary/aromatic N) is 3. The summed E-state index contributed by atoms with van der Waals surface area (Å²) in [5.74, 6) is -0.243. The maximum atomic E-state index is 11.8. The van der Waals surface area contributed by atoms with E-state index < -0.39 is 0 Å². The average molecular weight is 266 g/mol. The van der Waals surface area contributed by atoms with Crippen LogP contribution >= 0.6 is 0 Å². The molecular weight excluding hydrogens is 248 g/mol. The maximum absolute atomic E-state index is 11.8. The zero-order valence-corrected chi connectivity index (χ0v) is 10.9. The van der Waals surface area contributed by atoms with Crippen molar-refractivity contribution < 1.29 is 14.3 Å². The van der Waals surface area contributed by atoms with Gasteiger partial charge in [0.1, 0.15) is 19.2 Å². The van der Waals surface area contributed by atoms with Crippen LogP contribution in [0.5, 0.6) is 0 Å². The van der Waals surface area contributed by atoms with Gasteiger partial charge in [0.05, 0.1) is 13.0 Å². The lowest BCUT2D eigenvalue weighted by Crippen LogP contribution is -2.40. The van der Waals surface area contributed by atoms with Gasteiger partial charge in [-0.15, -0.1) is 0 Å². The molecule has 1 aromatic heterocycles. The van der Waals surface area contributed by atoms with E-state index in [4.69, 9.17) is 4.74 Å². The first-order valence-electron chi connectivity index (χ1n) is 6.38. The molecule has 0 aliphatic heterocycles. The lowest BCUT2D eigenvalue weighted by Gasteiger charge is -2.27. The minimum Gasteiger partial charge on any atom is -0.469 e. The summed E-state index contributed by atoms with van der Waals surface area (Å²) in [5, 5.41) is 6.83. The highest BCUT2D eigenvalue weighted by Crippen LogP contribution is 2.25. The van der Waals surface area contributed by atoms with E-state index in [2.05, 4.69) is 15.4 Å². The predicted octanol–water partition coefficient (Wildman–Crippen LogP) is 0.126. The van der Waals surface area contributed by atoms with E-state index in [0.29, 0.717) is 0 Å². The molecule has 2 rings (SSSR count). The Morgan fingerprint density at radius 3 is 2.68 bits per heavy atom. The van der Waals surface area contributed by atoms with Crippen molar-refractivity contribution in [3.63, 3.8) is 0 Å². The van der Waals surface area contributed by atoms with Gasteiger partial charge >= 0.3 is 5.97 Å². The number of methoxy groups -OCH3 is 1. The molecule has 7 heteroatoms. The molecule has 1 heterocycles. The summed E-state index contributed by atoms with van der Waals surface area (Å²) in [4.78, 5) is 26.9. The van der Waals surface area contributed by atoms with Gasteiger partial charge in [0.2, 0.25) is 5.91 Å². The number of amides is 1. The van der Waals surface area contributed by atoms with Gasteiger partial charge in [-0.1, -0.05) is 0 Å². The summed E-state index contributed by atoms with van der Waals surface area (Å²) in [7, 11) is 1.41. The number of ether oxygens (including phenoxy) is 1. The molecule has 0 radical (unpaired) electrons. The molecule has 0 unspecified atom stereocenters. The number of nitrogens with one attached hydrogen (secondary N) is 1. The third-order valence-electron chi connectivity index (χ3n) is 3.40. The highest BCUT2D eigenvalue weighted by molar-refractivity contribution is 5.76.